The molecule has 0 aromatic rings. The lowest BCUT2D eigenvalue weighted by atomic mass is 9.97. The van der Waals surface area contributed by atoms with Gasteiger partial charge in [-0.25, -0.2) is 0 Å². The van der Waals surface area contributed by atoms with Gasteiger partial charge >= 0.3 is 0 Å². The Morgan fingerprint density at radius 1 is 0.708 bits per heavy atom. The van der Waals surface area contributed by atoms with Crippen LogP contribution in [-0.4, -0.2) is 143 Å². The maximum Gasteiger partial charge on any atom is 0.217 e. The summed E-state index contributed by atoms with van der Waals surface area (Å²) in [6.45, 7) is 0.988. The quantitative estimate of drug-likeness (QED) is 0.0564. The van der Waals surface area contributed by atoms with Gasteiger partial charge in [0.2, 0.25) is 5.91 Å². The largest absolute Gasteiger partial charge is 0.396 e. The van der Waals surface area contributed by atoms with Crippen LogP contribution in [-0.2, 0) is 28.5 Å². The van der Waals surface area contributed by atoms with E-state index in [1.807, 2.05) is 0 Å². The molecule has 284 valence electrons. The highest BCUT2D eigenvalue weighted by Crippen LogP contribution is 2.24. The van der Waals surface area contributed by atoms with Crippen molar-refractivity contribution in [2.24, 2.45) is 0 Å². The van der Waals surface area contributed by atoms with Crippen molar-refractivity contribution in [2.45, 2.75) is 171 Å². The van der Waals surface area contributed by atoms with E-state index in [-0.39, 0.29) is 19.8 Å². The maximum absolute atomic E-state index is 11.8. The SMILES string of the molecule is CC(=O)NC1[C@@H](OC(COCCCCCCCCCCCCCCCCCCO)COC2OC[C@@H](O)C(O)[C@H]2O)OC(CO)C(O)[C@H]1O. The molecule has 48 heavy (non-hydrogen) atoms. The second-order valence-corrected chi connectivity index (χ2v) is 13.2. The van der Waals surface area contributed by atoms with Gasteiger partial charge in [-0.05, 0) is 12.8 Å². The number of aliphatic hydroxyl groups is 7. The lowest BCUT2D eigenvalue weighted by Gasteiger charge is -2.43. The predicted octanol–water partition coefficient (Wildman–Crippen LogP) is 1.02. The molecule has 0 aromatic heterocycles. The number of carbonyl (C=O) groups excluding carboxylic acids is 1. The normalized spacial score (nSPS) is 30.0. The van der Waals surface area contributed by atoms with Gasteiger partial charge in [0.25, 0.3) is 0 Å². The van der Waals surface area contributed by atoms with Crippen molar-refractivity contribution in [1.82, 2.24) is 5.32 Å². The van der Waals surface area contributed by atoms with Crippen molar-refractivity contribution in [3.63, 3.8) is 0 Å². The molecule has 0 bridgehead atoms. The fraction of sp³-hybridized carbons (Fsp3) is 0.971. The number of aliphatic hydroxyl groups excluding tert-OH is 7. The second-order valence-electron chi connectivity index (χ2n) is 13.2. The molecule has 2 saturated heterocycles. The van der Waals surface area contributed by atoms with Crippen LogP contribution in [0.25, 0.3) is 0 Å². The first-order valence-electron chi connectivity index (χ1n) is 18.2. The van der Waals surface area contributed by atoms with E-state index in [0.717, 1.165) is 32.1 Å². The van der Waals surface area contributed by atoms with E-state index in [1.165, 1.54) is 77.6 Å². The summed E-state index contributed by atoms with van der Waals surface area (Å²) >= 11 is 0. The van der Waals surface area contributed by atoms with Gasteiger partial charge in [-0.15, -0.1) is 0 Å². The Hall–Kier alpha value is -1.01. The van der Waals surface area contributed by atoms with E-state index >= 15 is 0 Å². The zero-order chi connectivity index (χ0) is 35.1. The number of hydrogen-bond donors (Lipinski definition) is 8. The molecule has 0 aliphatic carbocycles. The lowest BCUT2D eigenvalue weighted by molar-refractivity contribution is -0.304. The van der Waals surface area contributed by atoms with Gasteiger partial charge in [0.15, 0.2) is 12.6 Å². The molecule has 0 aromatic carbocycles. The summed E-state index contributed by atoms with van der Waals surface area (Å²) in [7, 11) is 0. The number of unbranched alkanes of at least 4 members (excludes halogenated alkanes) is 15. The first kappa shape index (κ1) is 43.2. The molecule has 14 nitrogen and oxygen atoms in total. The molecule has 2 heterocycles. The monoisotopic (exact) mass is 695 g/mol. The highest BCUT2D eigenvalue weighted by molar-refractivity contribution is 5.73. The number of rotatable bonds is 27. The van der Waals surface area contributed by atoms with Crippen LogP contribution in [0.4, 0.5) is 0 Å². The fourth-order valence-corrected chi connectivity index (χ4v) is 6.04. The third-order valence-electron chi connectivity index (χ3n) is 8.98. The summed E-state index contributed by atoms with van der Waals surface area (Å²) in [5.41, 5.74) is 0. The summed E-state index contributed by atoms with van der Waals surface area (Å²) in [4.78, 5) is 11.8. The zero-order valence-corrected chi connectivity index (χ0v) is 28.9. The minimum absolute atomic E-state index is 0.0206. The van der Waals surface area contributed by atoms with Crippen LogP contribution < -0.4 is 5.32 Å². The Labute approximate surface area is 286 Å². The molecule has 14 heteroatoms. The second kappa shape index (κ2) is 25.9. The number of ether oxygens (including phenoxy) is 5. The minimum atomic E-state index is -1.51. The molecule has 1 amide bonds. The number of carbonyl (C=O) groups is 1. The Kier molecular flexibility index (Phi) is 23.3. The van der Waals surface area contributed by atoms with Crippen molar-refractivity contribution in [3.8, 4) is 0 Å². The fourth-order valence-electron chi connectivity index (χ4n) is 6.04. The van der Waals surface area contributed by atoms with Crippen LogP contribution in [0.5, 0.6) is 0 Å². The van der Waals surface area contributed by atoms with Crippen LogP contribution in [0.1, 0.15) is 110 Å². The topological polar surface area (TPSA) is 217 Å². The molecule has 10 atom stereocenters. The van der Waals surface area contributed by atoms with Crippen molar-refractivity contribution < 1.29 is 64.2 Å². The maximum atomic E-state index is 11.8. The average Bonchev–Trinajstić information content (AvgIpc) is 3.07. The van der Waals surface area contributed by atoms with E-state index in [9.17, 15) is 35.4 Å². The van der Waals surface area contributed by atoms with Crippen LogP contribution in [0.2, 0.25) is 0 Å². The third kappa shape index (κ3) is 16.8. The van der Waals surface area contributed by atoms with Crippen LogP contribution >= 0.6 is 0 Å². The third-order valence-corrected chi connectivity index (χ3v) is 8.98. The standard InChI is InChI=1S/C34H65NO13/c1-24(38)35-28-31(42)30(41)27(20-37)48-33(28)47-25(22-45-34-32(43)29(40)26(39)23-46-34)21-44-19-17-15-13-11-9-7-5-3-2-4-6-8-10-12-14-16-18-36/h25-34,36-37,39-43H,2-23H2,1H3,(H,35,38)/t25?,26-,27?,28?,29?,30?,31+,32-,33+,34?/m1/s1. The molecule has 6 unspecified atom stereocenters. The van der Waals surface area contributed by atoms with Crippen molar-refractivity contribution in [3.05, 3.63) is 0 Å². The Morgan fingerprint density at radius 3 is 1.77 bits per heavy atom. The Morgan fingerprint density at radius 2 is 1.25 bits per heavy atom. The number of hydrogen-bond acceptors (Lipinski definition) is 13. The molecule has 2 aliphatic rings. The summed E-state index contributed by atoms with van der Waals surface area (Å²) in [6, 6.07) is -1.16. The molecular weight excluding hydrogens is 630 g/mol. The smallest absolute Gasteiger partial charge is 0.217 e. The minimum Gasteiger partial charge on any atom is -0.396 e. The first-order valence-corrected chi connectivity index (χ1v) is 18.2. The molecule has 0 saturated carbocycles. The van der Waals surface area contributed by atoms with E-state index in [1.54, 1.807) is 0 Å². The van der Waals surface area contributed by atoms with Gasteiger partial charge in [-0.3, -0.25) is 4.79 Å². The predicted molar refractivity (Wildman–Crippen MR) is 176 cm³/mol. The summed E-state index contributed by atoms with van der Waals surface area (Å²) in [5.74, 6) is -0.492. The van der Waals surface area contributed by atoms with Gasteiger partial charge in [0.1, 0.15) is 48.8 Å². The average molecular weight is 696 g/mol. The van der Waals surface area contributed by atoms with Crippen molar-refractivity contribution in [2.75, 3.05) is 39.6 Å². The van der Waals surface area contributed by atoms with Crippen molar-refractivity contribution in [1.29, 1.82) is 0 Å². The van der Waals surface area contributed by atoms with Crippen LogP contribution in [0.15, 0.2) is 0 Å². The van der Waals surface area contributed by atoms with Gasteiger partial charge in [0.05, 0.1) is 26.4 Å². The number of amides is 1. The van der Waals surface area contributed by atoms with Gasteiger partial charge in [-0.2, -0.15) is 0 Å². The summed E-state index contributed by atoms with van der Waals surface area (Å²) < 4.78 is 28.6. The van der Waals surface area contributed by atoms with Gasteiger partial charge in [-0.1, -0.05) is 89.9 Å². The summed E-state index contributed by atoms with van der Waals surface area (Å²) in [5, 5.41) is 71.9. The molecule has 0 spiro atoms. The molecule has 8 N–H and O–H groups in total. The first-order chi connectivity index (χ1) is 23.2. The van der Waals surface area contributed by atoms with Crippen LogP contribution in [0, 0.1) is 0 Å². The number of nitrogens with one attached hydrogen (secondary N) is 1. The van der Waals surface area contributed by atoms with E-state index in [2.05, 4.69) is 5.32 Å². The Balaban J connectivity index is 1.70. The zero-order valence-electron chi connectivity index (χ0n) is 28.9. The highest BCUT2D eigenvalue weighted by atomic mass is 16.7. The van der Waals surface area contributed by atoms with E-state index < -0.39 is 73.9 Å². The van der Waals surface area contributed by atoms with Gasteiger partial charge < -0.3 is 64.7 Å². The Bertz CT molecular complexity index is 811. The molecule has 2 rings (SSSR count). The molecule has 2 aliphatic heterocycles. The van der Waals surface area contributed by atoms with Gasteiger partial charge in [0, 0.05) is 20.1 Å². The summed E-state index contributed by atoms with van der Waals surface area (Å²) in [6.07, 6.45) is 7.35. The molecular formula is C34H65NO13. The van der Waals surface area contributed by atoms with Crippen LogP contribution in [0.3, 0.4) is 0 Å². The van der Waals surface area contributed by atoms with E-state index in [0.29, 0.717) is 13.2 Å². The molecule has 0 radical (unpaired) electrons. The molecule has 2 fully saturated rings. The lowest BCUT2D eigenvalue weighted by Crippen LogP contribution is -2.65. The highest BCUT2D eigenvalue weighted by Gasteiger charge is 2.46. The van der Waals surface area contributed by atoms with Crippen molar-refractivity contribution >= 4 is 5.91 Å². The van der Waals surface area contributed by atoms with E-state index in [4.69, 9.17) is 28.8 Å².